The average molecular weight is 260 g/mol. The molecular formula is C14H16N2OS. The van der Waals surface area contributed by atoms with Crippen LogP contribution in [0, 0.1) is 5.92 Å². The number of thiophene rings is 1. The first-order valence-corrected chi connectivity index (χ1v) is 7.33. The Balaban J connectivity index is 1.88. The van der Waals surface area contributed by atoms with Gasteiger partial charge in [0.1, 0.15) is 5.69 Å². The minimum Gasteiger partial charge on any atom is -0.268 e. The predicted octanol–water partition coefficient (Wildman–Crippen LogP) is 3.16. The summed E-state index contributed by atoms with van der Waals surface area (Å²) in [7, 11) is 0. The maximum atomic E-state index is 11.8. The van der Waals surface area contributed by atoms with Crippen LogP contribution in [0.4, 0.5) is 0 Å². The largest absolute Gasteiger partial charge is 0.268 e. The van der Waals surface area contributed by atoms with Crippen molar-refractivity contribution in [2.24, 2.45) is 5.92 Å². The second kappa shape index (κ2) is 5.06. The van der Waals surface area contributed by atoms with Gasteiger partial charge in [0, 0.05) is 12.6 Å². The van der Waals surface area contributed by atoms with Gasteiger partial charge in [-0.15, -0.1) is 11.3 Å². The third kappa shape index (κ3) is 2.38. The van der Waals surface area contributed by atoms with E-state index in [-0.39, 0.29) is 5.56 Å². The smallest absolute Gasteiger partial charge is 0.266 e. The molecule has 0 N–H and O–H groups in total. The Bertz CT molecular complexity index is 568. The van der Waals surface area contributed by atoms with Crippen molar-refractivity contribution < 1.29 is 0 Å². The topological polar surface area (TPSA) is 34.9 Å². The van der Waals surface area contributed by atoms with Crippen molar-refractivity contribution >= 4 is 11.3 Å². The zero-order chi connectivity index (χ0) is 12.4. The number of nitrogens with zero attached hydrogens (tertiary/aromatic N) is 2. The van der Waals surface area contributed by atoms with Crippen molar-refractivity contribution in [3.8, 4) is 10.6 Å². The first-order chi connectivity index (χ1) is 8.83. The molecule has 2 heterocycles. The van der Waals surface area contributed by atoms with E-state index in [2.05, 4.69) is 5.10 Å². The van der Waals surface area contributed by atoms with Crippen molar-refractivity contribution in [1.82, 2.24) is 9.78 Å². The maximum Gasteiger partial charge on any atom is 0.266 e. The fraction of sp³-hybridized carbons (Fsp3) is 0.429. The molecule has 0 aromatic carbocycles. The van der Waals surface area contributed by atoms with Crippen molar-refractivity contribution in [3.63, 3.8) is 0 Å². The summed E-state index contributed by atoms with van der Waals surface area (Å²) in [5.74, 6) is 0.633. The zero-order valence-corrected chi connectivity index (χ0v) is 11.0. The molecule has 0 bridgehead atoms. The summed E-state index contributed by atoms with van der Waals surface area (Å²) in [6.45, 7) is 0.776. The van der Waals surface area contributed by atoms with E-state index in [9.17, 15) is 4.79 Å². The zero-order valence-electron chi connectivity index (χ0n) is 10.2. The minimum atomic E-state index is 0.0159. The summed E-state index contributed by atoms with van der Waals surface area (Å²) < 4.78 is 1.64. The summed E-state index contributed by atoms with van der Waals surface area (Å²) >= 11 is 1.66. The molecule has 0 atom stereocenters. The standard InChI is InChI=1S/C14H16N2OS/c17-14-8-7-12(13-6-3-9-18-13)15-16(14)10-11-4-1-2-5-11/h3,6-9,11H,1-2,4-5,10H2. The van der Waals surface area contributed by atoms with Crippen LogP contribution >= 0.6 is 11.3 Å². The second-order valence-electron chi connectivity index (χ2n) is 4.87. The van der Waals surface area contributed by atoms with Gasteiger partial charge in [-0.25, -0.2) is 4.68 Å². The first kappa shape index (κ1) is 11.7. The van der Waals surface area contributed by atoms with Gasteiger partial charge in [0.25, 0.3) is 5.56 Å². The summed E-state index contributed by atoms with van der Waals surface area (Å²) in [6, 6.07) is 7.50. The molecule has 2 aromatic heterocycles. The van der Waals surface area contributed by atoms with Gasteiger partial charge in [-0.05, 0) is 36.3 Å². The lowest BCUT2D eigenvalue weighted by molar-refractivity contribution is 0.416. The van der Waals surface area contributed by atoms with Gasteiger partial charge in [-0.1, -0.05) is 18.9 Å². The third-order valence-corrected chi connectivity index (χ3v) is 4.44. The van der Waals surface area contributed by atoms with Crippen LogP contribution in [0.3, 0.4) is 0 Å². The molecule has 4 heteroatoms. The molecule has 1 fully saturated rings. The summed E-state index contributed by atoms with van der Waals surface area (Å²) in [5.41, 5.74) is 0.921. The van der Waals surface area contributed by atoms with E-state index in [1.165, 1.54) is 25.7 Å². The fourth-order valence-corrected chi connectivity index (χ4v) is 3.26. The SMILES string of the molecule is O=c1ccc(-c2cccs2)nn1CC1CCCC1. The molecule has 2 aromatic rings. The highest BCUT2D eigenvalue weighted by Crippen LogP contribution is 2.26. The van der Waals surface area contributed by atoms with Crippen LogP contribution in [0.2, 0.25) is 0 Å². The van der Waals surface area contributed by atoms with Crippen LogP contribution in [-0.4, -0.2) is 9.78 Å². The van der Waals surface area contributed by atoms with Crippen LogP contribution in [0.1, 0.15) is 25.7 Å². The van der Waals surface area contributed by atoms with E-state index in [1.54, 1.807) is 22.1 Å². The van der Waals surface area contributed by atoms with Crippen LogP contribution in [-0.2, 0) is 6.54 Å². The van der Waals surface area contributed by atoms with Crippen molar-refractivity contribution in [3.05, 3.63) is 40.0 Å². The predicted molar refractivity (Wildman–Crippen MR) is 73.8 cm³/mol. The molecule has 1 saturated carbocycles. The van der Waals surface area contributed by atoms with Crippen molar-refractivity contribution in [2.45, 2.75) is 32.2 Å². The van der Waals surface area contributed by atoms with Crippen LogP contribution < -0.4 is 5.56 Å². The highest BCUT2D eigenvalue weighted by Gasteiger charge is 2.16. The minimum absolute atomic E-state index is 0.0159. The Morgan fingerprint density at radius 1 is 1.28 bits per heavy atom. The van der Waals surface area contributed by atoms with E-state index in [4.69, 9.17) is 0 Å². The Hall–Kier alpha value is -1.42. The molecule has 0 radical (unpaired) electrons. The van der Waals surface area contributed by atoms with Gasteiger partial charge < -0.3 is 0 Å². The molecular weight excluding hydrogens is 244 g/mol. The highest BCUT2D eigenvalue weighted by molar-refractivity contribution is 7.13. The molecule has 1 aliphatic rings. The van der Waals surface area contributed by atoms with E-state index in [1.807, 2.05) is 23.6 Å². The molecule has 0 unspecified atom stereocenters. The molecule has 0 spiro atoms. The monoisotopic (exact) mass is 260 g/mol. The molecule has 94 valence electrons. The fourth-order valence-electron chi connectivity index (χ4n) is 2.57. The van der Waals surface area contributed by atoms with E-state index >= 15 is 0 Å². The summed E-state index contributed by atoms with van der Waals surface area (Å²) in [4.78, 5) is 13.0. The normalized spacial score (nSPS) is 16.2. The lowest BCUT2D eigenvalue weighted by Gasteiger charge is -2.11. The molecule has 0 amide bonds. The van der Waals surface area contributed by atoms with Gasteiger partial charge in [-0.3, -0.25) is 4.79 Å². The Morgan fingerprint density at radius 3 is 2.83 bits per heavy atom. The van der Waals surface area contributed by atoms with Crippen molar-refractivity contribution in [1.29, 1.82) is 0 Å². The maximum absolute atomic E-state index is 11.8. The summed E-state index contributed by atoms with van der Waals surface area (Å²) in [5, 5.41) is 6.52. The lowest BCUT2D eigenvalue weighted by Crippen LogP contribution is -2.25. The molecule has 0 aliphatic heterocycles. The second-order valence-corrected chi connectivity index (χ2v) is 5.81. The van der Waals surface area contributed by atoms with Gasteiger partial charge in [0.05, 0.1) is 4.88 Å². The molecule has 18 heavy (non-hydrogen) atoms. The highest BCUT2D eigenvalue weighted by atomic mass is 32.1. The van der Waals surface area contributed by atoms with E-state index < -0.39 is 0 Å². The molecule has 3 rings (SSSR count). The molecule has 1 aliphatic carbocycles. The van der Waals surface area contributed by atoms with E-state index in [0.29, 0.717) is 5.92 Å². The summed E-state index contributed by atoms with van der Waals surface area (Å²) in [6.07, 6.45) is 5.06. The first-order valence-electron chi connectivity index (χ1n) is 6.45. The van der Waals surface area contributed by atoms with Gasteiger partial charge in [0.15, 0.2) is 0 Å². The van der Waals surface area contributed by atoms with Crippen LogP contribution in [0.25, 0.3) is 10.6 Å². The Labute approximate surface area is 110 Å². The van der Waals surface area contributed by atoms with Crippen LogP contribution in [0.5, 0.6) is 0 Å². The number of hydrogen-bond donors (Lipinski definition) is 0. The number of aromatic nitrogens is 2. The Morgan fingerprint density at radius 2 is 2.11 bits per heavy atom. The Kier molecular flexibility index (Phi) is 3.28. The quantitative estimate of drug-likeness (QED) is 0.849. The molecule has 3 nitrogen and oxygen atoms in total. The molecule has 0 saturated heterocycles. The lowest BCUT2D eigenvalue weighted by atomic mass is 10.1. The van der Waals surface area contributed by atoms with Gasteiger partial charge in [0.2, 0.25) is 0 Å². The average Bonchev–Trinajstić information content (AvgIpc) is 3.04. The van der Waals surface area contributed by atoms with E-state index in [0.717, 1.165) is 17.1 Å². The van der Waals surface area contributed by atoms with Gasteiger partial charge in [-0.2, -0.15) is 5.10 Å². The number of rotatable bonds is 3. The third-order valence-electron chi connectivity index (χ3n) is 3.55. The van der Waals surface area contributed by atoms with Crippen molar-refractivity contribution in [2.75, 3.05) is 0 Å². The van der Waals surface area contributed by atoms with Crippen LogP contribution in [0.15, 0.2) is 34.4 Å². The van der Waals surface area contributed by atoms with Gasteiger partial charge >= 0.3 is 0 Å². The number of hydrogen-bond acceptors (Lipinski definition) is 3.